The van der Waals surface area contributed by atoms with Crippen molar-refractivity contribution in [2.75, 3.05) is 6.61 Å². The van der Waals surface area contributed by atoms with Crippen LogP contribution in [0.5, 0.6) is 0 Å². The molecule has 5 heteroatoms. The third-order valence-corrected chi connectivity index (χ3v) is 4.42. The van der Waals surface area contributed by atoms with Crippen molar-refractivity contribution in [2.45, 2.75) is 41.0 Å². The molecule has 2 heterocycles. The highest BCUT2D eigenvalue weighted by Gasteiger charge is 2.21. The molecule has 3 aromatic rings. The van der Waals surface area contributed by atoms with Crippen molar-refractivity contribution in [1.29, 1.82) is 0 Å². The number of carbonyl (C=O) groups excluding carboxylic acids is 1. The maximum absolute atomic E-state index is 12.2. The van der Waals surface area contributed by atoms with Crippen LogP contribution < -0.4 is 0 Å². The highest BCUT2D eigenvalue weighted by Crippen LogP contribution is 2.33. The molecule has 0 amide bonds. The first-order chi connectivity index (χ1) is 12.0. The molecule has 130 valence electrons. The molecule has 0 fully saturated rings. The van der Waals surface area contributed by atoms with Crippen molar-refractivity contribution < 1.29 is 9.53 Å². The second kappa shape index (κ2) is 6.67. The molecular formula is C20H23N3O2. The summed E-state index contributed by atoms with van der Waals surface area (Å²) in [6, 6.07) is 7.98. The first-order valence-electron chi connectivity index (χ1n) is 8.60. The number of hydrogen-bond donors (Lipinski definition) is 0. The van der Waals surface area contributed by atoms with Gasteiger partial charge in [-0.15, -0.1) is 0 Å². The normalized spacial score (nSPS) is 11.1. The van der Waals surface area contributed by atoms with Gasteiger partial charge < -0.3 is 4.74 Å². The molecule has 25 heavy (non-hydrogen) atoms. The first kappa shape index (κ1) is 17.1. The molecule has 0 aliphatic carbocycles. The van der Waals surface area contributed by atoms with E-state index < -0.39 is 5.97 Å². The Morgan fingerprint density at radius 3 is 2.40 bits per heavy atom. The van der Waals surface area contributed by atoms with Crippen LogP contribution in [0.3, 0.4) is 0 Å². The molecule has 0 aliphatic rings. The lowest BCUT2D eigenvalue weighted by atomic mass is 9.96. The summed E-state index contributed by atoms with van der Waals surface area (Å²) in [6.45, 7) is 10.3. The fraction of sp³-hybridized carbons (Fsp3) is 0.350. The van der Waals surface area contributed by atoms with E-state index in [9.17, 15) is 4.79 Å². The van der Waals surface area contributed by atoms with E-state index >= 15 is 0 Å². The zero-order chi connectivity index (χ0) is 18.1. The zero-order valence-electron chi connectivity index (χ0n) is 15.4. The number of benzene rings is 1. The van der Waals surface area contributed by atoms with E-state index in [2.05, 4.69) is 31.0 Å². The molecule has 0 saturated heterocycles. The third-order valence-electron chi connectivity index (χ3n) is 4.42. The molecule has 0 saturated carbocycles. The number of ether oxygens (including phenoxy) is 1. The topological polar surface area (TPSA) is 56.5 Å². The minimum atomic E-state index is -0.397. The minimum Gasteiger partial charge on any atom is -0.461 e. The van der Waals surface area contributed by atoms with Crippen molar-refractivity contribution in [3.8, 4) is 11.1 Å². The molecule has 0 bridgehead atoms. The smallest absolute Gasteiger partial charge is 0.357 e. The van der Waals surface area contributed by atoms with Gasteiger partial charge in [-0.3, -0.25) is 0 Å². The number of hydrogen-bond acceptors (Lipinski definition) is 4. The van der Waals surface area contributed by atoms with Gasteiger partial charge in [0.2, 0.25) is 0 Å². The van der Waals surface area contributed by atoms with Gasteiger partial charge in [-0.25, -0.2) is 14.3 Å². The number of aromatic nitrogens is 3. The van der Waals surface area contributed by atoms with Crippen LogP contribution in [0.15, 0.2) is 24.3 Å². The number of aryl methyl sites for hydroxylation is 4. The highest BCUT2D eigenvalue weighted by molar-refractivity contribution is 5.90. The molecule has 0 unspecified atom stereocenters. The Balaban J connectivity index is 2.35. The number of carbonyl (C=O) groups is 1. The van der Waals surface area contributed by atoms with Gasteiger partial charge in [0.05, 0.1) is 17.9 Å². The number of nitrogens with zero attached hydrogens (tertiary/aromatic N) is 3. The Kier molecular flexibility index (Phi) is 4.57. The van der Waals surface area contributed by atoms with Crippen molar-refractivity contribution in [2.24, 2.45) is 0 Å². The maximum Gasteiger partial charge on any atom is 0.357 e. The third kappa shape index (κ3) is 2.90. The van der Waals surface area contributed by atoms with Crippen LogP contribution in [0.1, 0.15) is 46.9 Å². The molecule has 0 atom stereocenters. The van der Waals surface area contributed by atoms with E-state index in [1.807, 2.05) is 24.4 Å². The van der Waals surface area contributed by atoms with Crippen molar-refractivity contribution >= 4 is 11.6 Å². The summed E-state index contributed by atoms with van der Waals surface area (Å²) in [5, 5.41) is 4.69. The van der Waals surface area contributed by atoms with E-state index in [1.54, 1.807) is 13.0 Å². The quantitative estimate of drug-likeness (QED) is 0.674. The standard InChI is InChI=1S/C20H23N3O2/c1-6-15-11-16(20(24)25-7-2)21-19-18(14(5)22-23(15)19)17-12(3)9-8-10-13(17)4/h8-11H,6-7H2,1-5H3. The summed E-state index contributed by atoms with van der Waals surface area (Å²) < 4.78 is 6.99. The second-order valence-corrected chi connectivity index (χ2v) is 6.17. The summed E-state index contributed by atoms with van der Waals surface area (Å²) in [7, 11) is 0. The molecule has 0 spiro atoms. The molecule has 2 aromatic heterocycles. The molecule has 1 aromatic carbocycles. The fourth-order valence-electron chi connectivity index (χ4n) is 3.25. The van der Waals surface area contributed by atoms with E-state index in [0.29, 0.717) is 17.9 Å². The monoisotopic (exact) mass is 337 g/mol. The average molecular weight is 337 g/mol. The van der Waals surface area contributed by atoms with Crippen molar-refractivity contribution in [1.82, 2.24) is 14.6 Å². The van der Waals surface area contributed by atoms with Gasteiger partial charge >= 0.3 is 5.97 Å². The predicted molar refractivity (Wildman–Crippen MR) is 98.0 cm³/mol. The SMILES string of the molecule is CCOC(=O)c1cc(CC)n2nc(C)c(-c3c(C)cccc3C)c2n1. The Morgan fingerprint density at radius 1 is 1.12 bits per heavy atom. The Morgan fingerprint density at radius 2 is 1.80 bits per heavy atom. The Labute approximate surface area is 147 Å². The lowest BCUT2D eigenvalue weighted by Crippen LogP contribution is -2.11. The van der Waals surface area contributed by atoms with E-state index in [1.165, 1.54) is 11.1 Å². The summed E-state index contributed by atoms with van der Waals surface area (Å²) in [5.41, 5.74) is 7.32. The van der Waals surface area contributed by atoms with Crippen LogP contribution >= 0.6 is 0 Å². The van der Waals surface area contributed by atoms with Gasteiger partial charge in [-0.05, 0) is 56.9 Å². The largest absolute Gasteiger partial charge is 0.461 e. The van der Waals surface area contributed by atoms with Gasteiger partial charge in [0.25, 0.3) is 0 Å². The molecule has 0 N–H and O–H groups in total. The number of esters is 1. The van der Waals surface area contributed by atoms with E-state index in [0.717, 1.165) is 28.9 Å². The van der Waals surface area contributed by atoms with Crippen molar-refractivity contribution in [3.05, 3.63) is 52.5 Å². The number of fused-ring (bicyclic) bond motifs is 1. The molecule has 0 aliphatic heterocycles. The van der Waals surface area contributed by atoms with Gasteiger partial charge in [0.15, 0.2) is 11.3 Å². The summed E-state index contributed by atoms with van der Waals surface area (Å²) in [5.74, 6) is -0.397. The lowest BCUT2D eigenvalue weighted by Gasteiger charge is -2.10. The maximum atomic E-state index is 12.2. The van der Waals surface area contributed by atoms with Crippen LogP contribution in [0.4, 0.5) is 0 Å². The van der Waals surface area contributed by atoms with Gasteiger partial charge in [0, 0.05) is 5.69 Å². The zero-order valence-corrected chi connectivity index (χ0v) is 15.4. The summed E-state index contributed by atoms with van der Waals surface area (Å²) in [6.07, 6.45) is 0.749. The van der Waals surface area contributed by atoms with Crippen LogP contribution in [-0.4, -0.2) is 27.2 Å². The molecular weight excluding hydrogens is 314 g/mol. The van der Waals surface area contributed by atoms with Gasteiger partial charge in [0.1, 0.15) is 0 Å². The van der Waals surface area contributed by atoms with Gasteiger partial charge in [-0.2, -0.15) is 5.10 Å². The predicted octanol–water partition coefficient (Wildman–Crippen LogP) is 4.06. The number of rotatable bonds is 4. The van der Waals surface area contributed by atoms with Crippen LogP contribution in [0, 0.1) is 20.8 Å². The lowest BCUT2D eigenvalue weighted by molar-refractivity contribution is 0.0519. The average Bonchev–Trinajstić information content (AvgIpc) is 2.90. The minimum absolute atomic E-state index is 0.329. The molecule has 0 radical (unpaired) electrons. The van der Waals surface area contributed by atoms with E-state index in [-0.39, 0.29) is 0 Å². The van der Waals surface area contributed by atoms with Crippen molar-refractivity contribution in [3.63, 3.8) is 0 Å². The van der Waals surface area contributed by atoms with E-state index in [4.69, 9.17) is 9.84 Å². The van der Waals surface area contributed by atoms with Crippen LogP contribution in [-0.2, 0) is 11.2 Å². The molecule has 3 rings (SSSR count). The van der Waals surface area contributed by atoms with Crippen LogP contribution in [0.25, 0.3) is 16.8 Å². The fourth-order valence-corrected chi connectivity index (χ4v) is 3.25. The summed E-state index contributed by atoms with van der Waals surface area (Å²) >= 11 is 0. The first-order valence-corrected chi connectivity index (χ1v) is 8.60. The Bertz CT molecular complexity index is 937. The Hall–Kier alpha value is -2.69. The van der Waals surface area contributed by atoms with Crippen LogP contribution in [0.2, 0.25) is 0 Å². The summed E-state index contributed by atoms with van der Waals surface area (Å²) in [4.78, 5) is 16.8. The van der Waals surface area contributed by atoms with Gasteiger partial charge in [-0.1, -0.05) is 25.1 Å². The molecule has 5 nitrogen and oxygen atoms in total. The highest BCUT2D eigenvalue weighted by atomic mass is 16.5. The second-order valence-electron chi connectivity index (χ2n) is 6.17.